The van der Waals surface area contributed by atoms with E-state index in [2.05, 4.69) is 16.0 Å². The van der Waals surface area contributed by atoms with Gasteiger partial charge in [0.05, 0.1) is 6.04 Å². The molecule has 1 unspecified atom stereocenters. The lowest BCUT2D eigenvalue weighted by Crippen LogP contribution is -2.45. The van der Waals surface area contributed by atoms with E-state index in [0.717, 1.165) is 19.3 Å². The molecule has 0 bridgehead atoms. The number of amides is 2. The van der Waals surface area contributed by atoms with E-state index in [9.17, 15) is 9.59 Å². The van der Waals surface area contributed by atoms with Crippen molar-refractivity contribution in [2.75, 3.05) is 19.6 Å². The molecule has 17 heavy (non-hydrogen) atoms. The van der Waals surface area contributed by atoms with Crippen LogP contribution in [0.15, 0.2) is 0 Å². The first-order valence-electron chi connectivity index (χ1n) is 6.44. The van der Waals surface area contributed by atoms with Gasteiger partial charge in [-0.3, -0.25) is 9.59 Å². The van der Waals surface area contributed by atoms with E-state index in [1.54, 1.807) is 0 Å². The molecule has 0 spiro atoms. The molecular weight excluding hydrogens is 218 g/mol. The molecule has 5 heteroatoms. The first kappa shape index (κ1) is 14.0. The first-order chi connectivity index (χ1) is 8.15. The van der Waals surface area contributed by atoms with Crippen molar-refractivity contribution >= 4 is 11.8 Å². The molecule has 1 rings (SSSR count). The van der Waals surface area contributed by atoms with Crippen LogP contribution in [0.25, 0.3) is 0 Å². The van der Waals surface area contributed by atoms with Gasteiger partial charge in [-0.2, -0.15) is 0 Å². The number of carbonyl (C=O) groups is 2. The highest BCUT2D eigenvalue weighted by Gasteiger charge is 2.28. The molecule has 0 radical (unpaired) electrons. The fraction of sp³-hybridized carbons (Fsp3) is 0.833. The molecule has 1 fully saturated rings. The molecule has 98 valence electrons. The fourth-order valence-corrected chi connectivity index (χ4v) is 1.46. The highest BCUT2D eigenvalue weighted by molar-refractivity contribution is 5.81. The molecule has 0 aromatic heterocycles. The third kappa shape index (κ3) is 5.68. The van der Waals surface area contributed by atoms with Crippen molar-refractivity contribution in [3.63, 3.8) is 0 Å². The maximum Gasteiger partial charge on any atom is 0.236 e. The zero-order valence-corrected chi connectivity index (χ0v) is 10.7. The molecule has 1 atom stereocenters. The predicted molar refractivity (Wildman–Crippen MR) is 66.5 cm³/mol. The van der Waals surface area contributed by atoms with E-state index in [0.29, 0.717) is 19.6 Å². The summed E-state index contributed by atoms with van der Waals surface area (Å²) in [4.78, 5) is 22.8. The molecular formula is C12H23N3O2. The van der Waals surface area contributed by atoms with E-state index >= 15 is 0 Å². The van der Waals surface area contributed by atoms with Gasteiger partial charge in [-0.1, -0.05) is 6.92 Å². The van der Waals surface area contributed by atoms with Gasteiger partial charge in [-0.05, 0) is 26.2 Å². The lowest BCUT2D eigenvalue weighted by Gasteiger charge is -2.13. The highest BCUT2D eigenvalue weighted by Crippen LogP contribution is 2.28. The second-order valence-corrected chi connectivity index (χ2v) is 4.53. The number of carbonyl (C=O) groups excluding carboxylic acids is 2. The summed E-state index contributed by atoms with van der Waals surface area (Å²) in [6, 6.07) is -0.209. The van der Waals surface area contributed by atoms with Crippen molar-refractivity contribution in [2.24, 2.45) is 5.92 Å². The van der Waals surface area contributed by atoms with Gasteiger partial charge >= 0.3 is 0 Å². The standard InChI is InChI=1S/C12H23N3O2/c1-3-6-14-11(16)9(2)13-7-8-15-12(17)10-4-5-10/h9-10,13H,3-8H2,1-2H3,(H,14,16)(H,15,17). The number of hydrogen-bond donors (Lipinski definition) is 3. The van der Waals surface area contributed by atoms with Crippen LogP contribution in [0, 0.1) is 5.92 Å². The summed E-state index contributed by atoms with van der Waals surface area (Å²) < 4.78 is 0. The molecule has 0 saturated heterocycles. The summed E-state index contributed by atoms with van der Waals surface area (Å²) in [5.41, 5.74) is 0. The Hall–Kier alpha value is -1.10. The van der Waals surface area contributed by atoms with E-state index < -0.39 is 0 Å². The van der Waals surface area contributed by atoms with Crippen molar-refractivity contribution in [3.8, 4) is 0 Å². The Balaban J connectivity index is 2.00. The summed E-state index contributed by atoms with van der Waals surface area (Å²) in [5.74, 6) is 0.413. The largest absolute Gasteiger partial charge is 0.355 e. The summed E-state index contributed by atoms with van der Waals surface area (Å²) in [6.07, 6.45) is 2.99. The maximum absolute atomic E-state index is 11.5. The second-order valence-electron chi connectivity index (χ2n) is 4.53. The van der Waals surface area contributed by atoms with Crippen LogP contribution < -0.4 is 16.0 Å². The van der Waals surface area contributed by atoms with Crippen LogP contribution in [0.2, 0.25) is 0 Å². The Morgan fingerprint density at radius 2 is 1.88 bits per heavy atom. The Bertz CT molecular complexity index is 264. The molecule has 0 aliphatic heterocycles. The van der Waals surface area contributed by atoms with Crippen LogP contribution in [0.5, 0.6) is 0 Å². The van der Waals surface area contributed by atoms with Crippen molar-refractivity contribution in [1.29, 1.82) is 0 Å². The molecule has 3 N–H and O–H groups in total. The molecule has 1 aliphatic carbocycles. The molecule has 0 aromatic rings. The summed E-state index contributed by atoms with van der Waals surface area (Å²) in [6.45, 7) is 5.77. The molecule has 1 aliphatic rings. The lowest BCUT2D eigenvalue weighted by atomic mass is 10.3. The van der Waals surface area contributed by atoms with Crippen LogP contribution in [0.1, 0.15) is 33.1 Å². The number of hydrogen-bond acceptors (Lipinski definition) is 3. The highest BCUT2D eigenvalue weighted by atomic mass is 16.2. The monoisotopic (exact) mass is 241 g/mol. The molecule has 2 amide bonds. The Morgan fingerprint density at radius 1 is 1.18 bits per heavy atom. The van der Waals surface area contributed by atoms with E-state index in [1.165, 1.54) is 0 Å². The minimum absolute atomic E-state index is 0.0142. The lowest BCUT2D eigenvalue weighted by molar-refractivity contribution is -0.122. The third-order valence-electron chi connectivity index (χ3n) is 2.77. The minimum atomic E-state index is -0.209. The maximum atomic E-state index is 11.5. The van der Waals surface area contributed by atoms with Gasteiger partial charge in [-0.25, -0.2) is 0 Å². The van der Waals surface area contributed by atoms with E-state index in [4.69, 9.17) is 0 Å². The minimum Gasteiger partial charge on any atom is -0.355 e. The molecule has 0 heterocycles. The van der Waals surface area contributed by atoms with E-state index in [1.807, 2.05) is 13.8 Å². The normalized spacial score (nSPS) is 16.4. The van der Waals surface area contributed by atoms with Crippen LogP contribution >= 0.6 is 0 Å². The van der Waals surface area contributed by atoms with E-state index in [-0.39, 0.29) is 23.8 Å². The van der Waals surface area contributed by atoms with Gasteiger partial charge in [-0.15, -0.1) is 0 Å². The number of rotatable bonds is 8. The fourth-order valence-electron chi connectivity index (χ4n) is 1.46. The van der Waals surface area contributed by atoms with Crippen LogP contribution in [-0.2, 0) is 9.59 Å². The van der Waals surface area contributed by atoms with Crippen LogP contribution in [-0.4, -0.2) is 37.5 Å². The van der Waals surface area contributed by atoms with Crippen molar-refractivity contribution in [3.05, 3.63) is 0 Å². The van der Waals surface area contributed by atoms with Crippen molar-refractivity contribution < 1.29 is 9.59 Å². The van der Waals surface area contributed by atoms with Crippen molar-refractivity contribution in [1.82, 2.24) is 16.0 Å². The van der Waals surface area contributed by atoms with Gasteiger partial charge in [0, 0.05) is 25.6 Å². The summed E-state index contributed by atoms with van der Waals surface area (Å²) >= 11 is 0. The van der Waals surface area contributed by atoms with Gasteiger partial charge in [0.15, 0.2) is 0 Å². The predicted octanol–water partition coefficient (Wildman–Crippen LogP) is 0.0169. The first-order valence-corrected chi connectivity index (χ1v) is 6.44. The summed E-state index contributed by atoms with van der Waals surface area (Å²) in [5, 5.41) is 8.75. The van der Waals surface area contributed by atoms with Gasteiger partial charge in [0.1, 0.15) is 0 Å². The van der Waals surface area contributed by atoms with Crippen molar-refractivity contribution in [2.45, 2.75) is 39.2 Å². The molecule has 1 saturated carbocycles. The molecule has 5 nitrogen and oxygen atoms in total. The summed E-state index contributed by atoms with van der Waals surface area (Å²) in [7, 11) is 0. The number of nitrogens with one attached hydrogen (secondary N) is 3. The van der Waals surface area contributed by atoms with Crippen LogP contribution in [0.3, 0.4) is 0 Å². The topological polar surface area (TPSA) is 70.2 Å². The Morgan fingerprint density at radius 3 is 2.47 bits per heavy atom. The smallest absolute Gasteiger partial charge is 0.236 e. The average molecular weight is 241 g/mol. The van der Waals surface area contributed by atoms with Gasteiger partial charge in [0.25, 0.3) is 0 Å². The Kier molecular flexibility index (Phi) is 5.97. The van der Waals surface area contributed by atoms with Crippen LogP contribution in [0.4, 0.5) is 0 Å². The molecule has 0 aromatic carbocycles. The Labute approximate surface area is 103 Å². The van der Waals surface area contributed by atoms with Gasteiger partial charge in [0.2, 0.25) is 11.8 Å². The second kappa shape index (κ2) is 7.27. The quantitative estimate of drug-likeness (QED) is 0.525. The average Bonchev–Trinajstić information content (AvgIpc) is 3.14. The third-order valence-corrected chi connectivity index (χ3v) is 2.77. The zero-order chi connectivity index (χ0) is 12.7. The SMILES string of the molecule is CCCNC(=O)C(C)NCCNC(=O)C1CC1. The zero-order valence-electron chi connectivity index (χ0n) is 10.7. The van der Waals surface area contributed by atoms with Gasteiger partial charge < -0.3 is 16.0 Å².